The van der Waals surface area contributed by atoms with Crippen LogP contribution in [0.4, 0.5) is 4.39 Å². The summed E-state index contributed by atoms with van der Waals surface area (Å²) in [5.41, 5.74) is 2.09. The van der Waals surface area contributed by atoms with E-state index in [9.17, 15) is 4.39 Å². The molecule has 0 bridgehead atoms. The number of nitrogens with zero attached hydrogens (tertiary/aromatic N) is 1. The number of halogens is 1. The van der Waals surface area contributed by atoms with Crippen LogP contribution in [0.5, 0.6) is 5.75 Å². The van der Waals surface area contributed by atoms with Crippen molar-refractivity contribution < 1.29 is 9.13 Å². The Kier molecular flexibility index (Phi) is 3.42. The average Bonchev–Trinajstić information content (AvgIpc) is 2.82. The molecule has 0 saturated heterocycles. The van der Waals surface area contributed by atoms with Gasteiger partial charge >= 0.3 is 0 Å². The third-order valence-electron chi connectivity index (χ3n) is 3.40. The SMILES string of the molecule is CCn1c(COc2ccccc2)cc2cc(F)ccc21. The second kappa shape index (κ2) is 5.37. The molecule has 3 rings (SSSR count). The van der Waals surface area contributed by atoms with Crippen molar-refractivity contribution in [3.05, 3.63) is 66.1 Å². The van der Waals surface area contributed by atoms with Crippen LogP contribution in [0.3, 0.4) is 0 Å². The first-order valence-corrected chi connectivity index (χ1v) is 6.73. The maximum absolute atomic E-state index is 13.3. The van der Waals surface area contributed by atoms with Crippen molar-refractivity contribution in [1.29, 1.82) is 0 Å². The first kappa shape index (κ1) is 12.7. The normalized spacial score (nSPS) is 10.9. The number of hydrogen-bond acceptors (Lipinski definition) is 1. The molecule has 0 fully saturated rings. The number of rotatable bonds is 4. The molecule has 1 heterocycles. The monoisotopic (exact) mass is 269 g/mol. The van der Waals surface area contributed by atoms with Crippen molar-refractivity contribution in [3.8, 4) is 5.75 Å². The van der Waals surface area contributed by atoms with E-state index in [2.05, 4.69) is 11.5 Å². The number of aromatic nitrogens is 1. The summed E-state index contributed by atoms with van der Waals surface area (Å²) in [6, 6.07) is 16.6. The van der Waals surface area contributed by atoms with Crippen LogP contribution in [0.25, 0.3) is 10.9 Å². The molecular formula is C17H16FNO. The fourth-order valence-corrected chi connectivity index (χ4v) is 2.47. The highest BCUT2D eigenvalue weighted by molar-refractivity contribution is 5.81. The zero-order chi connectivity index (χ0) is 13.9. The number of fused-ring (bicyclic) bond motifs is 1. The molecule has 2 nitrogen and oxygen atoms in total. The van der Waals surface area contributed by atoms with E-state index < -0.39 is 0 Å². The molecular weight excluding hydrogens is 253 g/mol. The number of aryl methyl sites for hydroxylation is 1. The van der Waals surface area contributed by atoms with Gasteiger partial charge in [0, 0.05) is 17.4 Å². The molecule has 0 aliphatic heterocycles. The van der Waals surface area contributed by atoms with Gasteiger partial charge in [-0.1, -0.05) is 18.2 Å². The summed E-state index contributed by atoms with van der Waals surface area (Å²) >= 11 is 0. The highest BCUT2D eigenvalue weighted by Crippen LogP contribution is 2.22. The lowest BCUT2D eigenvalue weighted by atomic mass is 10.2. The molecule has 3 aromatic rings. The molecule has 0 unspecified atom stereocenters. The lowest BCUT2D eigenvalue weighted by Crippen LogP contribution is -2.04. The lowest BCUT2D eigenvalue weighted by Gasteiger charge is -2.09. The highest BCUT2D eigenvalue weighted by Gasteiger charge is 2.08. The Bertz CT molecular complexity index is 718. The lowest BCUT2D eigenvalue weighted by molar-refractivity contribution is 0.296. The molecule has 20 heavy (non-hydrogen) atoms. The van der Waals surface area contributed by atoms with E-state index in [0.717, 1.165) is 28.9 Å². The molecule has 2 aromatic carbocycles. The van der Waals surface area contributed by atoms with E-state index in [1.54, 1.807) is 6.07 Å². The van der Waals surface area contributed by atoms with Gasteiger partial charge in [-0.2, -0.15) is 0 Å². The van der Waals surface area contributed by atoms with Gasteiger partial charge in [-0.15, -0.1) is 0 Å². The number of ether oxygens (including phenoxy) is 1. The third-order valence-corrected chi connectivity index (χ3v) is 3.40. The number of para-hydroxylation sites is 1. The van der Waals surface area contributed by atoms with Crippen LogP contribution in [0, 0.1) is 5.82 Å². The fourth-order valence-electron chi connectivity index (χ4n) is 2.47. The summed E-state index contributed by atoms with van der Waals surface area (Å²) < 4.78 is 21.2. The molecule has 3 heteroatoms. The summed E-state index contributed by atoms with van der Waals surface area (Å²) in [6.45, 7) is 3.39. The van der Waals surface area contributed by atoms with E-state index in [1.807, 2.05) is 42.5 Å². The Hall–Kier alpha value is -2.29. The average molecular weight is 269 g/mol. The maximum Gasteiger partial charge on any atom is 0.128 e. The van der Waals surface area contributed by atoms with Gasteiger partial charge in [0.1, 0.15) is 18.2 Å². The van der Waals surface area contributed by atoms with Gasteiger partial charge in [-0.25, -0.2) is 4.39 Å². The van der Waals surface area contributed by atoms with Crippen LogP contribution >= 0.6 is 0 Å². The van der Waals surface area contributed by atoms with Crippen LogP contribution in [0.15, 0.2) is 54.6 Å². The smallest absolute Gasteiger partial charge is 0.128 e. The summed E-state index contributed by atoms with van der Waals surface area (Å²) in [6.07, 6.45) is 0. The predicted molar refractivity (Wildman–Crippen MR) is 78.3 cm³/mol. The van der Waals surface area contributed by atoms with Crippen LogP contribution in [-0.4, -0.2) is 4.57 Å². The van der Waals surface area contributed by atoms with Gasteiger partial charge in [0.2, 0.25) is 0 Å². The molecule has 0 amide bonds. The third kappa shape index (κ3) is 2.39. The molecule has 0 N–H and O–H groups in total. The molecule has 102 valence electrons. The summed E-state index contributed by atoms with van der Waals surface area (Å²) in [5, 5.41) is 0.915. The molecule has 0 saturated carbocycles. The summed E-state index contributed by atoms with van der Waals surface area (Å²) in [4.78, 5) is 0. The minimum atomic E-state index is -0.207. The van der Waals surface area contributed by atoms with Gasteiger partial charge in [-0.05, 0) is 43.3 Å². The van der Waals surface area contributed by atoms with Crippen LogP contribution in [0.1, 0.15) is 12.6 Å². The molecule has 0 spiro atoms. The van der Waals surface area contributed by atoms with Gasteiger partial charge < -0.3 is 9.30 Å². The summed E-state index contributed by atoms with van der Waals surface area (Å²) in [7, 11) is 0. The Morgan fingerprint density at radius 2 is 1.85 bits per heavy atom. The van der Waals surface area contributed by atoms with E-state index in [4.69, 9.17) is 4.74 Å². The molecule has 0 radical (unpaired) electrons. The van der Waals surface area contributed by atoms with Crippen molar-refractivity contribution in [2.45, 2.75) is 20.1 Å². The maximum atomic E-state index is 13.3. The second-order valence-electron chi connectivity index (χ2n) is 4.68. The zero-order valence-corrected chi connectivity index (χ0v) is 11.3. The zero-order valence-electron chi connectivity index (χ0n) is 11.3. The van der Waals surface area contributed by atoms with Gasteiger partial charge in [0.15, 0.2) is 0 Å². The minimum absolute atomic E-state index is 0.207. The fraction of sp³-hybridized carbons (Fsp3) is 0.176. The van der Waals surface area contributed by atoms with Crippen molar-refractivity contribution >= 4 is 10.9 Å². The van der Waals surface area contributed by atoms with Gasteiger partial charge in [-0.3, -0.25) is 0 Å². The Labute approximate surface area is 117 Å². The van der Waals surface area contributed by atoms with E-state index in [-0.39, 0.29) is 5.82 Å². The van der Waals surface area contributed by atoms with E-state index in [0.29, 0.717) is 6.61 Å². The van der Waals surface area contributed by atoms with Gasteiger partial charge in [0.05, 0.1) is 5.69 Å². The van der Waals surface area contributed by atoms with Crippen molar-refractivity contribution in [2.24, 2.45) is 0 Å². The number of hydrogen-bond donors (Lipinski definition) is 0. The van der Waals surface area contributed by atoms with E-state index >= 15 is 0 Å². The quantitative estimate of drug-likeness (QED) is 0.685. The van der Waals surface area contributed by atoms with Gasteiger partial charge in [0.25, 0.3) is 0 Å². The highest BCUT2D eigenvalue weighted by atomic mass is 19.1. The Morgan fingerprint density at radius 1 is 1.05 bits per heavy atom. The predicted octanol–water partition coefficient (Wildman–Crippen LogP) is 4.38. The van der Waals surface area contributed by atoms with Crippen molar-refractivity contribution in [2.75, 3.05) is 0 Å². The minimum Gasteiger partial charge on any atom is -0.487 e. The van der Waals surface area contributed by atoms with Crippen LogP contribution in [0.2, 0.25) is 0 Å². The molecule has 0 aliphatic carbocycles. The first-order chi connectivity index (χ1) is 9.78. The molecule has 1 aromatic heterocycles. The topological polar surface area (TPSA) is 14.2 Å². The summed E-state index contributed by atoms with van der Waals surface area (Å²) in [5.74, 6) is 0.632. The van der Waals surface area contributed by atoms with Crippen molar-refractivity contribution in [3.63, 3.8) is 0 Å². The van der Waals surface area contributed by atoms with Crippen LogP contribution in [-0.2, 0) is 13.2 Å². The first-order valence-electron chi connectivity index (χ1n) is 6.73. The second-order valence-corrected chi connectivity index (χ2v) is 4.68. The largest absolute Gasteiger partial charge is 0.487 e. The Balaban J connectivity index is 1.91. The molecule has 0 aliphatic rings. The molecule has 0 atom stereocenters. The van der Waals surface area contributed by atoms with E-state index in [1.165, 1.54) is 6.07 Å². The Morgan fingerprint density at radius 3 is 2.60 bits per heavy atom. The van der Waals surface area contributed by atoms with Crippen LogP contribution < -0.4 is 4.74 Å². The standard InChI is InChI=1S/C17H16FNO/c1-2-19-15(12-20-16-6-4-3-5-7-16)11-13-10-14(18)8-9-17(13)19/h3-11H,2,12H2,1H3. The van der Waals surface area contributed by atoms with Crippen molar-refractivity contribution in [1.82, 2.24) is 4.57 Å². The number of benzene rings is 2.